The number of aliphatic hydroxyl groups is 1. The van der Waals surface area contributed by atoms with Crippen molar-refractivity contribution < 1.29 is 19.4 Å². The highest BCUT2D eigenvalue weighted by Crippen LogP contribution is 2.53. The number of amides is 1. The molecule has 0 aliphatic carbocycles. The second-order valence-electron chi connectivity index (χ2n) is 9.96. The fourth-order valence-electron chi connectivity index (χ4n) is 6.50. The van der Waals surface area contributed by atoms with Gasteiger partial charge in [-0.2, -0.15) is 4.68 Å². The van der Waals surface area contributed by atoms with Crippen LogP contribution in [-0.4, -0.2) is 83.3 Å². The lowest BCUT2D eigenvalue weighted by molar-refractivity contribution is -0.140. The van der Waals surface area contributed by atoms with Crippen LogP contribution in [0.2, 0.25) is 0 Å². The van der Waals surface area contributed by atoms with Crippen molar-refractivity contribution in [3.8, 4) is 5.82 Å². The Balaban J connectivity index is 1.15. The van der Waals surface area contributed by atoms with Crippen molar-refractivity contribution in [1.82, 2.24) is 35.0 Å². The van der Waals surface area contributed by atoms with Crippen LogP contribution in [0.15, 0.2) is 36.4 Å². The lowest BCUT2D eigenvalue weighted by Crippen LogP contribution is -2.51. The smallest absolute Gasteiger partial charge is 0.333 e. The highest BCUT2D eigenvalue weighted by molar-refractivity contribution is 5.91. The second kappa shape index (κ2) is 7.95. The van der Waals surface area contributed by atoms with Crippen LogP contribution in [0.5, 0.6) is 0 Å². The van der Waals surface area contributed by atoms with E-state index in [0.29, 0.717) is 18.1 Å². The number of hydrogen-bond acceptors (Lipinski definition) is 9. The second-order valence-corrected chi connectivity index (χ2v) is 9.96. The summed E-state index contributed by atoms with van der Waals surface area (Å²) < 4.78 is 6.52. The van der Waals surface area contributed by atoms with E-state index >= 15 is 0 Å². The molecule has 0 aromatic carbocycles. The van der Waals surface area contributed by atoms with Gasteiger partial charge in [-0.05, 0) is 55.5 Å². The van der Waals surface area contributed by atoms with Crippen molar-refractivity contribution in [3.05, 3.63) is 42.0 Å². The number of tetrazole rings is 1. The van der Waals surface area contributed by atoms with E-state index in [2.05, 4.69) is 32.3 Å². The van der Waals surface area contributed by atoms with Gasteiger partial charge in [0.1, 0.15) is 12.9 Å². The molecule has 6 heterocycles. The largest absolute Gasteiger partial charge is 0.456 e. The topological polar surface area (TPSA) is 127 Å². The SMILES string of the molecule is CC1CC2(CC3CCC(C2)N3CC(O)c2ccc(-n3cnnn3)nc2)C(=O)N1C1=CC(=O)OC1. The summed E-state index contributed by atoms with van der Waals surface area (Å²) in [6.07, 6.45) is 8.34. The Kier molecular flexibility index (Phi) is 4.99. The predicted molar refractivity (Wildman–Crippen MR) is 117 cm³/mol. The molecular weight excluding hydrogens is 438 g/mol. The van der Waals surface area contributed by atoms with E-state index < -0.39 is 11.5 Å². The normalized spacial score (nSPS) is 31.9. The Bertz CT molecular complexity index is 1120. The van der Waals surface area contributed by atoms with Gasteiger partial charge in [-0.1, -0.05) is 6.07 Å². The first-order valence-corrected chi connectivity index (χ1v) is 11.8. The predicted octanol–water partition coefficient (Wildman–Crippen LogP) is 0.765. The summed E-state index contributed by atoms with van der Waals surface area (Å²) in [5.41, 5.74) is 1.03. The van der Waals surface area contributed by atoms with E-state index in [1.54, 1.807) is 17.2 Å². The van der Waals surface area contributed by atoms with Crippen molar-refractivity contribution in [2.24, 2.45) is 5.41 Å². The number of cyclic esters (lactones) is 1. The zero-order chi connectivity index (χ0) is 23.4. The van der Waals surface area contributed by atoms with E-state index in [1.807, 2.05) is 6.07 Å². The summed E-state index contributed by atoms with van der Waals surface area (Å²) in [7, 11) is 0. The number of hydrogen-bond donors (Lipinski definition) is 1. The molecular formula is C23H27N7O4. The molecule has 11 nitrogen and oxygen atoms in total. The van der Waals surface area contributed by atoms with Crippen LogP contribution in [0.4, 0.5) is 0 Å². The number of pyridine rings is 1. The number of carbonyl (C=O) groups is 2. The molecule has 1 amide bonds. The molecule has 178 valence electrons. The van der Waals surface area contributed by atoms with E-state index in [9.17, 15) is 14.7 Å². The summed E-state index contributed by atoms with van der Waals surface area (Å²) in [6, 6.07) is 4.20. The fraction of sp³-hybridized carbons (Fsp3) is 0.565. The number of piperidine rings is 1. The highest BCUT2D eigenvalue weighted by Gasteiger charge is 2.58. The van der Waals surface area contributed by atoms with Gasteiger partial charge >= 0.3 is 5.97 Å². The maximum atomic E-state index is 13.6. The third kappa shape index (κ3) is 3.41. The van der Waals surface area contributed by atoms with Gasteiger partial charge in [0.2, 0.25) is 5.91 Å². The molecule has 3 saturated heterocycles. The number of aromatic nitrogens is 5. The number of fused-ring (bicyclic) bond motifs is 2. The number of rotatable bonds is 5. The van der Waals surface area contributed by atoms with Gasteiger partial charge in [-0.25, -0.2) is 9.78 Å². The number of nitrogens with zero attached hydrogens (tertiary/aromatic N) is 7. The number of ether oxygens (including phenoxy) is 1. The van der Waals surface area contributed by atoms with Gasteiger partial charge in [0.15, 0.2) is 5.82 Å². The molecule has 4 aliphatic heterocycles. The maximum absolute atomic E-state index is 13.6. The first-order chi connectivity index (χ1) is 16.4. The Morgan fingerprint density at radius 2 is 2.00 bits per heavy atom. The summed E-state index contributed by atoms with van der Waals surface area (Å²) in [6.45, 7) is 2.75. The van der Waals surface area contributed by atoms with Crippen LogP contribution in [0.3, 0.4) is 0 Å². The van der Waals surface area contributed by atoms with Crippen LogP contribution in [0, 0.1) is 5.41 Å². The van der Waals surface area contributed by atoms with Gasteiger partial charge in [0.25, 0.3) is 0 Å². The quantitative estimate of drug-likeness (QED) is 0.637. The van der Waals surface area contributed by atoms with Crippen LogP contribution < -0.4 is 0 Å². The molecule has 3 fully saturated rings. The fourth-order valence-corrected chi connectivity index (χ4v) is 6.50. The lowest BCUT2D eigenvalue weighted by Gasteiger charge is -2.44. The van der Waals surface area contributed by atoms with E-state index in [-0.39, 0.29) is 36.6 Å². The molecule has 0 saturated carbocycles. The Hall–Kier alpha value is -3.18. The molecule has 1 N–H and O–H groups in total. The van der Waals surface area contributed by atoms with Gasteiger partial charge in [-0.15, -0.1) is 5.10 Å². The number of aliphatic hydroxyl groups excluding tert-OH is 1. The minimum atomic E-state index is -0.672. The number of carbonyl (C=O) groups excluding carboxylic acids is 2. The van der Waals surface area contributed by atoms with Gasteiger partial charge < -0.3 is 14.7 Å². The van der Waals surface area contributed by atoms with E-state index in [4.69, 9.17) is 4.74 Å². The van der Waals surface area contributed by atoms with E-state index in [0.717, 1.165) is 37.7 Å². The molecule has 4 unspecified atom stereocenters. The molecule has 2 aromatic rings. The average molecular weight is 466 g/mol. The Morgan fingerprint density at radius 3 is 2.62 bits per heavy atom. The Labute approximate surface area is 196 Å². The highest BCUT2D eigenvalue weighted by atomic mass is 16.5. The third-order valence-corrected chi connectivity index (χ3v) is 7.90. The van der Waals surface area contributed by atoms with Crippen molar-refractivity contribution in [1.29, 1.82) is 0 Å². The molecule has 4 aliphatic rings. The van der Waals surface area contributed by atoms with Crippen LogP contribution in [0.25, 0.3) is 5.82 Å². The minimum Gasteiger partial charge on any atom is -0.456 e. The van der Waals surface area contributed by atoms with E-state index in [1.165, 1.54) is 17.1 Å². The lowest BCUT2D eigenvalue weighted by atomic mass is 9.72. The zero-order valence-electron chi connectivity index (χ0n) is 18.9. The molecule has 2 bridgehead atoms. The minimum absolute atomic E-state index is 0.0505. The standard InChI is InChI=1S/C23H27N7O4/c1-14-7-23(22(33)30(14)18-6-21(32)34-12-18)8-16-3-4-17(9-23)28(16)11-19(31)15-2-5-20(24-10-15)29-13-25-26-27-29/h2,5-6,10,13-14,16-17,19,31H,3-4,7-9,11-12H2,1H3. The van der Waals surface area contributed by atoms with Crippen molar-refractivity contribution in [2.75, 3.05) is 13.2 Å². The summed E-state index contributed by atoms with van der Waals surface area (Å²) >= 11 is 0. The van der Waals surface area contributed by atoms with Crippen molar-refractivity contribution in [3.63, 3.8) is 0 Å². The maximum Gasteiger partial charge on any atom is 0.333 e. The summed E-state index contributed by atoms with van der Waals surface area (Å²) in [5, 5.41) is 22.0. The monoisotopic (exact) mass is 465 g/mol. The van der Waals surface area contributed by atoms with Crippen LogP contribution in [-0.2, 0) is 14.3 Å². The van der Waals surface area contributed by atoms with Gasteiger partial charge in [0.05, 0.1) is 17.2 Å². The van der Waals surface area contributed by atoms with Crippen molar-refractivity contribution in [2.45, 2.75) is 63.3 Å². The molecule has 6 rings (SSSR count). The summed E-state index contributed by atoms with van der Waals surface area (Å²) in [5.74, 6) is 0.341. The first-order valence-electron chi connectivity index (χ1n) is 11.8. The molecule has 0 radical (unpaired) electrons. The average Bonchev–Trinajstić information content (AvgIpc) is 3.59. The van der Waals surface area contributed by atoms with Gasteiger partial charge in [0, 0.05) is 42.5 Å². The number of esters is 1. The zero-order valence-corrected chi connectivity index (χ0v) is 18.9. The third-order valence-electron chi connectivity index (χ3n) is 7.90. The van der Waals surface area contributed by atoms with Crippen molar-refractivity contribution >= 4 is 11.9 Å². The molecule has 4 atom stereocenters. The first kappa shape index (κ1) is 21.4. The molecule has 2 aromatic heterocycles. The van der Waals surface area contributed by atoms with Gasteiger partial charge in [-0.3, -0.25) is 9.69 Å². The number of likely N-dealkylation sites (tertiary alicyclic amines) is 1. The summed E-state index contributed by atoms with van der Waals surface area (Å²) in [4.78, 5) is 33.7. The molecule has 34 heavy (non-hydrogen) atoms. The molecule has 1 spiro atoms. The molecule has 11 heteroatoms. The van der Waals surface area contributed by atoms with Crippen LogP contribution >= 0.6 is 0 Å². The Morgan fingerprint density at radius 1 is 1.21 bits per heavy atom. The van der Waals surface area contributed by atoms with Crippen LogP contribution in [0.1, 0.15) is 50.7 Å².